The number of aromatic nitrogens is 3. The van der Waals surface area contributed by atoms with Gasteiger partial charge in [-0.2, -0.15) is 0 Å². The fraction of sp³-hybridized carbons (Fsp3) is 0.778. The summed E-state index contributed by atoms with van der Waals surface area (Å²) in [5.41, 5.74) is 0. The Bertz CT molecular complexity index is 262. The molecule has 0 aliphatic heterocycles. The van der Waals surface area contributed by atoms with Crippen molar-refractivity contribution in [3.05, 3.63) is 12.2 Å². The van der Waals surface area contributed by atoms with Crippen LogP contribution in [0, 0.1) is 5.92 Å². The van der Waals surface area contributed by atoms with E-state index in [9.17, 15) is 0 Å². The smallest absolute Gasteiger partial charge is 0.135 e. The average molecular weight is 165 g/mol. The minimum atomic E-state index is 0.604. The lowest BCUT2D eigenvalue weighted by molar-refractivity contribution is 0.570. The minimum Gasteiger partial charge on any atom is -0.318 e. The molecule has 1 atom stereocenters. The number of hydrogen-bond acceptors (Lipinski definition) is 2. The lowest BCUT2D eigenvalue weighted by Gasteiger charge is -2.09. The first-order chi connectivity index (χ1) is 5.83. The summed E-state index contributed by atoms with van der Waals surface area (Å²) in [5.74, 6) is 2.65. The van der Waals surface area contributed by atoms with E-state index in [2.05, 4.69) is 28.6 Å². The van der Waals surface area contributed by atoms with Gasteiger partial charge in [0.1, 0.15) is 12.2 Å². The molecule has 0 N–H and O–H groups in total. The molecule has 1 aromatic rings. The van der Waals surface area contributed by atoms with Gasteiger partial charge < -0.3 is 4.57 Å². The Morgan fingerprint density at radius 3 is 3.00 bits per heavy atom. The SMILES string of the molecule is CCn1cnnc1C(C)C1CC1. The number of hydrogen-bond donors (Lipinski definition) is 0. The molecule has 3 nitrogen and oxygen atoms in total. The Balaban J connectivity index is 2.19. The standard InChI is InChI=1S/C9H15N3/c1-3-12-6-10-11-9(12)7(2)8-4-5-8/h6-8H,3-5H2,1-2H3. The Morgan fingerprint density at radius 2 is 2.42 bits per heavy atom. The van der Waals surface area contributed by atoms with E-state index < -0.39 is 0 Å². The van der Waals surface area contributed by atoms with E-state index >= 15 is 0 Å². The molecule has 1 heterocycles. The van der Waals surface area contributed by atoms with Crippen molar-refractivity contribution in [3.8, 4) is 0 Å². The fourth-order valence-corrected chi connectivity index (χ4v) is 1.67. The van der Waals surface area contributed by atoms with Crippen LogP contribution in [-0.4, -0.2) is 14.8 Å². The maximum Gasteiger partial charge on any atom is 0.135 e. The summed E-state index contributed by atoms with van der Waals surface area (Å²) in [6, 6.07) is 0. The first kappa shape index (κ1) is 7.77. The maximum absolute atomic E-state index is 4.16. The molecule has 0 radical (unpaired) electrons. The molecule has 0 amide bonds. The van der Waals surface area contributed by atoms with Gasteiger partial charge >= 0.3 is 0 Å². The molecule has 1 saturated carbocycles. The van der Waals surface area contributed by atoms with Crippen LogP contribution >= 0.6 is 0 Å². The van der Waals surface area contributed by atoms with Crippen molar-refractivity contribution in [2.45, 2.75) is 39.2 Å². The first-order valence-electron chi connectivity index (χ1n) is 4.70. The van der Waals surface area contributed by atoms with Gasteiger partial charge in [-0.05, 0) is 25.7 Å². The molecule has 0 aromatic carbocycles. The molecule has 0 saturated heterocycles. The quantitative estimate of drug-likeness (QED) is 0.684. The highest BCUT2D eigenvalue weighted by Crippen LogP contribution is 2.41. The molecule has 3 heteroatoms. The predicted octanol–water partition coefficient (Wildman–Crippen LogP) is 1.81. The van der Waals surface area contributed by atoms with Gasteiger partial charge in [0.2, 0.25) is 0 Å². The largest absolute Gasteiger partial charge is 0.318 e. The Morgan fingerprint density at radius 1 is 1.67 bits per heavy atom. The van der Waals surface area contributed by atoms with Crippen molar-refractivity contribution < 1.29 is 0 Å². The van der Waals surface area contributed by atoms with Gasteiger partial charge in [0.15, 0.2) is 0 Å². The van der Waals surface area contributed by atoms with E-state index in [4.69, 9.17) is 0 Å². The van der Waals surface area contributed by atoms with Crippen LogP contribution in [0.2, 0.25) is 0 Å². The third-order valence-electron chi connectivity index (χ3n) is 2.72. The molecule has 1 aliphatic rings. The third-order valence-corrected chi connectivity index (χ3v) is 2.72. The summed E-state index contributed by atoms with van der Waals surface area (Å²) in [6.07, 6.45) is 4.57. The van der Waals surface area contributed by atoms with Gasteiger partial charge in [0.05, 0.1) is 0 Å². The van der Waals surface area contributed by atoms with Gasteiger partial charge in [-0.15, -0.1) is 10.2 Å². The molecule has 1 unspecified atom stereocenters. The highest BCUT2D eigenvalue weighted by Gasteiger charge is 2.31. The molecule has 66 valence electrons. The van der Waals surface area contributed by atoms with E-state index in [0.717, 1.165) is 12.5 Å². The Hall–Kier alpha value is -0.860. The molecular weight excluding hydrogens is 150 g/mol. The van der Waals surface area contributed by atoms with Crippen LogP contribution in [0.25, 0.3) is 0 Å². The second-order valence-corrected chi connectivity index (χ2v) is 3.60. The minimum absolute atomic E-state index is 0.604. The summed E-state index contributed by atoms with van der Waals surface area (Å²) in [6.45, 7) is 5.37. The van der Waals surface area contributed by atoms with Gasteiger partial charge in [-0.25, -0.2) is 0 Å². The van der Waals surface area contributed by atoms with Crippen molar-refractivity contribution in [3.63, 3.8) is 0 Å². The summed E-state index contributed by atoms with van der Waals surface area (Å²) in [5, 5.41) is 8.10. The van der Waals surface area contributed by atoms with E-state index in [1.165, 1.54) is 18.7 Å². The highest BCUT2D eigenvalue weighted by molar-refractivity contribution is 5.01. The van der Waals surface area contributed by atoms with Crippen LogP contribution in [0.3, 0.4) is 0 Å². The van der Waals surface area contributed by atoms with Crippen molar-refractivity contribution in [2.24, 2.45) is 5.92 Å². The monoisotopic (exact) mass is 165 g/mol. The summed E-state index contributed by atoms with van der Waals surface area (Å²) < 4.78 is 2.14. The zero-order valence-corrected chi connectivity index (χ0v) is 7.70. The summed E-state index contributed by atoms with van der Waals surface area (Å²) >= 11 is 0. The van der Waals surface area contributed by atoms with Gasteiger partial charge in [0, 0.05) is 12.5 Å². The maximum atomic E-state index is 4.16. The van der Waals surface area contributed by atoms with Crippen LogP contribution in [0.1, 0.15) is 38.4 Å². The van der Waals surface area contributed by atoms with Crippen molar-refractivity contribution in [1.82, 2.24) is 14.8 Å². The second-order valence-electron chi connectivity index (χ2n) is 3.60. The molecule has 1 aliphatic carbocycles. The van der Waals surface area contributed by atoms with E-state index in [-0.39, 0.29) is 0 Å². The molecular formula is C9H15N3. The van der Waals surface area contributed by atoms with E-state index in [1.807, 2.05) is 6.33 Å². The fourth-order valence-electron chi connectivity index (χ4n) is 1.67. The first-order valence-corrected chi connectivity index (χ1v) is 4.70. The van der Waals surface area contributed by atoms with Crippen LogP contribution in [0.15, 0.2) is 6.33 Å². The molecule has 1 aromatic heterocycles. The second kappa shape index (κ2) is 2.88. The highest BCUT2D eigenvalue weighted by atomic mass is 15.3. The molecule has 0 spiro atoms. The molecule has 1 fully saturated rings. The van der Waals surface area contributed by atoms with Crippen LogP contribution in [0.5, 0.6) is 0 Å². The van der Waals surface area contributed by atoms with Crippen molar-refractivity contribution in [1.29, 1.82) is 0 Å². The van der Waals surface area contributed by atoms with Crippen molar-refractivity contribution >= 4 is 0 Å². The molecule has 12 heavy (non-hydrogen) atoms. The van der Waals surface area contributed by atoms with Crippen LogP contribution in [0.4, 0.5) is 0 Å². The lowest BCUT2D eigenvalue weighted by Crippen LogP contribution is -2.06. The predicted molar refractivity (Wildman–Crippen MR) is 46.8 cm³/mol. The number of nitrogens with zero attached hydrogens (tertiary/aromatic N) is 3. The van der Waals surface area contributed by atoms with Gasteiger partial charge in [0.25, 0.3) is 0 Å². The summed E-state index contributed by atoms with van der Waals surface area (Å²) in [7, 11) is 0. The molecule has 0 bridgehead atoms. The topological polar surface area (TPSA) is 30.7 Å². The van der Waals surface area contributed by atoms with Crippen molar-refractivity contribution in [2.75, 3.05) is 0 Å². The van der Waals surface area contributed by atoms with E-state index in [1.54, 1.807) is 0 Å². The number of rotatable bonds is 3. The van der Waals surface area contributed by atoms with Gasteiger partial charge in [-0.3, -0.25) is 0 Å². The number of aryl methyl sites for hydroxylation is 1. The van der Waals surface area contributed by atoms with E-state index in [0.29, 0.717) is 5.92 Å². The zero-order chi connectivity index (χ0) is 8.55. The molecule has 2 rings (SSSR count). The van der Waals surface area contributed by atoms with Crippen LogP contribution < -0.4 is 0 Å². The van der Waals surface area contributed by atoms with Gasteiger partial charge in [-0.1, -0.05) is 6.92 Å². The Labute approximate surface area is 72.8 Å². The lowest BCUT2D eigenvalue weighted by atomic mass is 10.1. The van der Waals surface area contributed by atoms with Crippen LogP contribution in [-0.2, 0) is 6.54 Å². The Kier molecular flexibility index (Phi) is 1.87. The summed E-state index contributed by atoms with van der Waals surface area (Å²) in [4.78, 5) is 0. The zero-order valence-electron chi connectivity index (χ0n) is 7.70. The average Bonchev–Trinajstić information content (AvgIpc) is 2.82. The normalized spacial score (nSPS) is 19.5. The third kappa shape index (κ3) is 1.24.